The average molecular weight is 357 g/mol. The van der Waals surface area contributed by atoms with Gasteiger partial charge in [0.05, 0.1) is 4.92 Å². The summed E-state index contributed by atoms with van der Waals surface area (Å²) in [6.45, 7) is 2.94. The molecule has 136 valence electrons. The first-order valence-corrected chi connectivity index (χ1v) is 7.85. The Morgan fingerprint density at radius 3 is 2.54 bits per heavy atom. The van der Waals surface area contributed by atoms with E-state index in [1.807, 2.05) is 0 Å². The van der Waals surface area contributed by atoms with Crippen LogP contribution in [0, 0.1) is 10.1 Å². The van der Waals surface area contributed by atoms with E-state index in [1.165, 1.54) is 36.9 Å². The normalized spacial score (nSPS) is 11.3. The van der Waals surface area contributed by atoms with Crippen LogP contribution in [-0.2, 0) is 9.59 Å². The van der Waals surface area contributed by atoms with Crippen LogP contribution in [0.25, 0.3) is 0 Å². The van der Waals surface area contributed by atoms with Gasteiger partial charge in [-0.1, -0.05) is 18.2 Å². The molecule has 8 heteroatoms. The molecule has 2 aromatic rings. The molecule has 26 heavy (non-hydrogen) atoms. The fourth-order valence-electron chi connectivity index (χ4n) is 2.17. The molecule has 0 bridgehead atoms. The summed E-state index contributed by atoms with van der Waals surface area (Å²) in [5, 5.41) is 13.7. The number of nitrogens with zero attached hydrogens (tertiary/aromatic N) is 2. The van der Waals surface area contributed by atoms with Crippen molar-refractivity contribution in [1.29, 1.82) is 0 Å². The molecule has 0 aliphatic heterocycles. The van der Waals surface area contributed by atoms with E-state index in [4.69, 9.17) is 4.74 Å². The number of anilines is 2. The van der Waals surface area contributed by atoms with E-state index in [-0.39, 0.29) is 17.3 Å². The zero-order valence-corrected chi connectivity index (χ0v) is 14.6. The van der Waals surface area contributed by atoms with Crippen LogP contribution in [0.15, 0.2) is 48.5 Å². The highest BCUT2D eigenvalue weighted by Crippen LogP contribution is 2.27. The molecule has 2 rings (SSSR count). The van der Waals surface area contributed by atoms with E-state index >= 15 is 0 Å². The minimum Gasteiger partial charge on any atom is -0.474 e. The number of ether oxygens (including phenoxy) is 1. The molecule has 1 N–H and O–H groups in total. The van der Waals surface area contributed by atoms with Gasteiger partial charge in [0.1, 0.15) is 0 Å². The largest absolute Gasteiger partial charge is 0.474 e. The number of benzene rings is 2. The molecule has 0 aromatic heterocycles. The molecule has 2 aromatic carbocycles. The van der Waals surface area contributed by atoms with Crippen molar-refractivity contribution in [2.75, 3.05) is 17.3 Å². The van der Waals surface area contributed by atoms with Crippen molar-refractivity contribution in [2.24, 2.45) is 0 Å². The van der Waals surface area contributed by atoms with Crippen molar-refractivity contribution in [3.05, 3.63) is 58.6 Å². The van der Waals surface area contributed by atoms with Gasteiger partial charge in [-0.15, -0.1) is 0 Å². The summed E-state index contributed by atoms with van der Waals surface area (Å²) in [5.74, 6) is -0.586. The Morgan fingerprint density at radius 1 is 1.19 bits per heavy atom. The summed E-state index contributed by atoms with van der Waals surface area (Å²) in [7, 11) is 1.63. The molecule has 0 aliphatic rings. The molecule has 0 aliphatic carbocycles. The maximum atomic E-state index is 12.3. The second-order valence-electron chi connectivity index (χ2n) is 5.60. The molecule has 1 unspecified atom stereocenters. The summed E-state index contributed by atoms with van der Waals surface area (Å²) in [4.78, 5) is 35.7. The number of nitrogens with one attached hydrogen (secondary N) is 1. The molecule has 1 atom stereocenters. The fraction of sp³-hybridized carbons (Fsp3) is 0.222. The summed E-state index contributed by atoms with van der Waals surface area (Å²) in [5.41, 5.74) is 0.901. The smallest absolute Gasteiger partial charge is 0.310 e. The molecular weight excluding hydrogens is 338 g/mol. The fourth-order valence-corrected chi connectivity index (χ4v) is 2.17. The summed E-state index contributed by atoms with van der Waals surface area (Å²) in [6, 6.07) is 12.6. The lowest BCUT2D eigenvalue weighted by Crippen LogP contribution is -2.30. The van der Waals surface area contributed by atoms with Crippen LogP contribution in [0.2, 0.25) is 0 Å². The van der Waals surface area contributed by atoms with Gasteiger partial charge in [0.2, 0.25) is 5.91 Å². The number of nitro groups is 1. The maximum absolute atomic E-state index is 12.3. The Hall–Kier alpha value is -3.42. The molecule has 2 amide bonds. The lowest BCUT2D eigenvalue weighted by Gasteiger charge is -2.17. The predicted molar refractivity (Wildman–Crippen MR) is 97.3 cm³/mol. The van der Waals surface area contributed by atoms with Gasteiger partial charge in [-0.2, -0.15) is 0 Å². The average Bonchev–Trinajstić information content (AvgIpc) is 2.61. The second-order valence-corrected chi connectivity index (χ2v) is 5.60. The first kappa shape index (κ1) is 18.9. The number of carbonyl (C=O) groups excluding carboxylic acids is 2. The van der Waals surface area contributed by atoms with Crippen molar-refractivity contribution in [2.45, 2.75) is 20.0 Å². The van der Waals surface area contributed by atoms with Gasteiger partial charge in [0, 0.05) is 31.4 Å². The van der Waals surface area contributed by atoms with Gasteiger partial charge in [0.25, 0.3) is 5.91 Å². The van der Waals surface area contributed by atoms with Crippen molar-refractivity contribution < 1.29 is 19.2 Å². The Kier molecular flexibility index (Phi) is 5.90. The van der Waals surface area contributed by atoms with Crippen LogP contribution >= 0.6 is 0 Å². The molecule has 0 saturated heterocycles. The highest BCUT2D eigenvalue weighted by Gasteiger charge is 2.21. The zero-order valence-electron chi connectivity index (χ0n) is 14.6. The van der Waals surface area contributed by atoms with Crippen LogP contribution in [0.3, 0.4) is 0 Å². The van der Waals surface area contributed by atoms with Crippen LogP contribution in [0.5, 0.6) is 5.75 Å². The summed E-state index contributed by atoms with van der Waals surface area (Å²) < 4.78 is 5.44. The van der Waals surface area contributed by atoms with Crippen LogP contribution in [0.1, 0.15) is 13.8 Å². The lowest BCUT2D eigenvalue weighted by molar-refractivity contribution is -0.386. The van der Waals surface area contributed by atoms with Crippen LogP contribution < -0.4 is 15.0 Å². The Balaban J connectivity index is 2.09. The number of nitro benzene ring substituents is 1. The SMILES string of the molecule is CC(=O)N(C)c1cccc(NC(=O)C(C)Oc2ccccc2[N+](=O)[O-])c1. The van der Waals surface area contributed by atoms with Gasteiger partial charge < -0.3 is 15.0 Å². The highest BCUT2D eigenvalue weighted by molar-refractivity contribution is 5.96. The second kappa shape index (κ2) is 8.11. The lowest BCUT2D eigenvalue weighted by atomic mass is 10.2. The van der Waals surface area contributed by atoms with E-state index < -0.39 is 16.9 Å². The first-order chi connectivity index (χ1) is 12.3. The Morgan fingerprint density at radius 2 is 1.88 bits per heavy atom. The van der Waals surface area contributed by atoms with Crippen molar-refractivity contribution >= 4 is 28.9 Å². The van der Waals surface area contributed by atoms with Gasteiger partial charge in [-0.3, -0.25) is 19.7 Å². The van der Waals surface area contributed by atoms with E-state index in [0.717, 1.165) is 0 Å². The number of hydrogen-bond donors (Lipinski definition) is 1. The molecule has 0 spiro atoms. The minimum atomic E-state index is -0.953. The number of amides is 2. The molecule has 8 nitrogen and oxygen atoms in total. The summed E-state index contributed by atoms with van der Waals surface area (Å²) >= 11 is 0. The summed E-state index contributed by atoms with van der Waals surface area (Å²) in [6.07, 6.45) is -0.953. The van der Waals surface area contributed by atoms with E-state index in [2.05, 4.69) is 5.32 Å². The molecule has 0 saturated carbocycles. The Bertz CT molecular complexity index is 837. The third-order valence-electron chi connectivity index (χ3n) is 3.71. The Labute approximate surface area is 150 Å². The van der Waals surface area contributed by atoms with Crippen LogP contribution in [-0.4, -0.2) is 29.9 Å². The van der Waals surface area contributed by atoms with Gasteiger partial charge in [-0.05, 0) is 31.2 Å². The van der Waals surface area contributed by atoms with Crippen molar-refractivity contribution in [3.8, 4) is 5.75 Å². The van der Waals surface area contributed by atoms with Crippen molar-refractivity contribution in [1.82, 2.24) is 0 Å². The van der Waals surface area contributed by atoms with Gasteiger partial charge in [-0.25, -0.2) is 0 Å². The monoisotopic (exact) mass is 357 g/mol. The van der Waals surface area contributed by atoms with E-state index in [0.29, 0.717) is 11.4 Å². The third-order valence-corrected chi connectivity index (χ3v) is 3.71. The molecule has 0 heterocycles. The minimum absolute atomic E-state index is 0.0187. The first-order valence-electron chi connectivity index (χ1n) is 7.85. The molecule has 0 fully saturated rings. The van der Waals surface area contributed by atoms with Gasteiger partial charge in [0.15, 0.2) is 11.9 Å². The maximum Gasteiger partial charge on any atom is 0.310 e. The number of para-hydroxylation sites is 2. The standard InChI is InChI=1S/C18H19N3O5/c1-12(26-17-10-5-4-9-16(17)21(24)25)18(23)19-14-7-6-8-15(11-14)20(3)13(2)22/h4-12H,1-3H3,(H,19,23). The van der Waals surface area contributed by atoms with Crippen LogP contribution in [0.4, 0.5) is 17.1 Å². The molecular formula is C18H19N3O5. The molecule has 0 radical (unpaired) electrons. The van der Waals surface area contributed by atoms with E-state index in [1.54, 1.807) is 37.4 Å². The zero-order chi connectivity index (χ0) is 19.3. The number of hydrogen-bond acceptors (Lipinski definition) is 5. The number of rotatable bonds is 6. The quantitative estimate of drug-likeness (QED) is 0.632. The third kappa shape index (κ3) is 4.56. The highest BCUT2D eigenvalue weighted by atomic mass is 16.6. The van der Waals surface area contributed by atoms with Gasteiger partial charge >= 0.3 is 5.69 Å². The topological polar surface area (TPSA) is 102 Å². The number of carbonyl (C=O) groups is 2. The predicted octanol–water partition coefficient (Wildman–Crippen LogP) is 2.98. The van der Waals surface area contributed by atoms with E-state index in [9.17, 15) is 19.7 Å². The van der Waals surface area contributed by atoms with Crippen molar-refractivity contribution in [3.63, 3.8) is 0 Å².